The van der Waals surface area contributed by atoms with Gasteiger partial charge in [0.2, 0.25) is 5.79 Å². The number of aryl methyl sites for hydroxylation is 1. The predicted octanol–water partition coefficient (Wildman–Crippen LogP) is 9.52. The smallest absolute Gasteiger partial charge is 0.417 e. The van der Waals surface area contributed by atoms with Crippen LogP contribution in [0.2, 0.25) is 0 Å². The fraction of sp³-hybridized carbons (Fsp3) is 0.420. The van der Waals surface area contributed by atoms with Crippen molar-refractivity contribution in [2.45, 2.75) is 74.9 Å². The number of amides is 1. The zero-order chi connectivity index (χ0) is 44.0. The summed E-state index contributed by atoms with van der Waals surface area (Å²) in [6, 6.07) is 24.8. The monoisotopic (exact) mass is 877 g/mol. The Balaban J connectivity index is 1.32. The van der Waals surface area contributed by atoms with Gasteiger partial charge in [0, 0.05) is 49.6 Å². The number of oxime groups is 1. The van der Waals surface area contributed by atoms with Crippen molar-refractivity contribution in [2.24, 2.45) is 22.9 Å². The molecule has 0 unspecified atom stereocenters. The average Bonchev–Trinajstić information content (AvgIpc) is 3.31. The van der Waals surface area contributed by atoms with Crippen LogP contribution in [0.4, 0.5) is 10.5 Å². The van der Waals surface area contributed by atoms with E-state index in [9.17, 15) is 15.0 Å². The van der Waals surface area contributed by atoms with Crippen molar-refractivity contribution in [3.63, 3.8) is 0 Å². The van der Waals surface area contributed by atoms with Gasteiger partial charge in [-0.05, 0) is 109 Å². The molecule has 7 rings (SSSR count). The third-order valence-electron chi connectivity index (χ3n) is 12.2. The second-order valence-corrected chi connectivity index (χ2v) is 17.4. The molecule has 1 fully saturated rings. The highest BCUT2D eigenvalue weighted by Crippen LogP contribution is 2.62. The highest BCUT2D eigenvalue weighted by molar-refractivity contribution is 8.00. The fourth-order valence-electron chi connectivity index (χ4n) is 9.31. The Bertz CT molecular complexity index is 2190. The lowest BCUT2D eigenvalue weighted by molar-refractivity contribution is -0.223. The molecule has 0 saturated heterocycles. The largest absolute Gasteiger partial charge is 0.497 e. The maximum Gasteiger partial charge on any atom is 0.417 e. The number of hydrogen-bond acceptors (Lipinski definition) is 12. The maximum absolute atomic E-state index is 13.5. The van der Waals surface area contributed by atoms with E-state index in [0.717, 1.165) is 60.3 Å². The van der Waals surface area contributed by atoms with E-state index in [2.05, 4.69) is 23.0 Å². The summed E-state index contributed by atoms with van der Waals surface area (Å²) in [5, 5.41) is 27.4. The van der Waals surface area contributed by atoms with Gasteiger partial charge < -0.3 is 38.7 Å². The highest BCUT2D eigenvalue weighted by Gasteiger charge is 2.64. The molecule has 2 aliphatic carbocycles. The van der Waals surface area contributed by atoms with Gasteiger partial charge in [-0.25, -0.2) is 4.79 Å². The second-order valence-electron chi connectivity index (χ2n) is 16.1. The molecule has 0 spiro atoms. The number of aliphatic hydroxyl groups is 2. The molecule has 0 radical (unpaired) electrons. The SMILES string of the molecule is C=CCO[C@@]12Oc3ccc(OC(=O)Nc4ccc(OC)cc4OC)cc3[C@H]3[C@H](CCCCO)[C@@H](CCCCO)C=C(C(=NOCc4ccccc4)C[C@@H]1SCCc1ccncc1)[C@H]32. The molecule has 1 aliphatic heterocycles. The number of rotatable bonds is 22. The first-order valence-corrected chi connectivity index (χ1v) is 22.9. The van der Waals surface area contributed by atoms with Crippen LogP contribution in [0, 0.1) is 17.8 Å². The van der Waals surface area contributed by atoms with E-state index in [0.29, 0.717) is 54.6 Å². The van der Waals surface area contributed by atoms with Crippen molar-refractivity contribution in [1.82, 2.24) is 4.98 Å². The van der Waals surface area contributed by atoms with Crippen LogP contribution in [0.3, 0.4) is 0 Å². The number of ether oxygens (including phenoxy) is 5. The van der Waals surface area contributed by atoms with E-state index in [-0.39, 0.29) is 48.7 Å². The molecule has 2 heterocycles. The molecular formula is C50H59N3O9S. The number of pyridine rings is 1. The van der Waals surface area contributed by atoms with Gasteiger partial charge in [0.05, 0.1) is 43.4 Å². The molecule has 3 aliphatic rings. The lowest BCUT2D eigenvalue weighted by Gasteiger charge is -2.58. The van der Waals surface area contributed by atoms with Crippen LogP contribution < -0.4 is 24.3 Å². The summed E-state index contributed by atoms with van der Waals surface area (Å²) in [5.41, 5.74) is 5.43. The van der Waals surface area contributed by atoms with E-state index in [1.54, 1.807) is 37.5 Å². The van der Waals surface area contributed by atoms with Crippen molar-refractivity contribution in [3.8, 4) is 23.0 Å². The van der Waals surface area contributed by atoms with Gasteiger partial charge in [0.25, 0.3) is 0 Å². The summed E-state index contributed by atoms with van der Waals surface area (Å²) in [6.07, 6.45) is 13.1. The van der Waals surface area contributed by atoms with E-state index < -0.39 is 11.9 Å². The van der Waals surface area contributed by atoms with Gasteiger partial charge >= 0.3 is 6.09 Å². The number of thioether (sulfide) groups is 1. The Kier molecular flexibility index (Phi) is 16.2. The Hall–Kier alpha value is -5.34. The van der Waals surface area contributed by atoms with E-state index in [4.69, 9.17) is 33.7 Å². The molecule has 1 amide bonds. The number of benzene rings is 3. The minimum atomic E-state index is -1.13. The van der Waals surface area contributed by atoms with E-state index >= 15 is 0 Å². The Morgan fingerprint density at radius 2 is 1.73 bits per heavy atom. The molecule has 1 saturated carbocycles. The van der Waals surface area contributed by atoms with Crippen LogP contribution >= 0.6 is 11.8 Å². The first-order chi connectivity index (χ1) is 30.9. The van der Waals surface area contributed by atoms with Gasteiger partial charge in [0.15, 0.2) is 0 Å². The molecule has 1 aromatic heterocycles. The zero-order valence-corrected chi connectivity index (χ0v) is 37.0. The van der Waals surface area contributed by atoms with Gasteiger partial charge in [-0.15, -0.1) is 6.58 Å². The summed E-state index contributed by atoms with van der Waals surface area (Å²) in [5.74, 6) is 1.36. The standard InChI is InChI=1S/C50H59N3O9S/c1-4-27-59-50-46(63-28-22-34-20-23-51-24-21-34)32-43(53-60-33-35-12-6-5-7-13-35)40-29-36(14-8-10-25-54)39(15-9-11-26-55)47(48(40)50)41-30-38(17-19-44(41)62-50)61-49(56)52-42-18-16-37(57-2)31-45(42)58-3/h4-7,12-13,16-21,23-24,29-31,36,39,46-48,54-55H,1,8-11,14-15,22,25-28,32-33H2,2-3H3,(H,52,56)/t36-,39+,46-,47+,48+,50+/m0/s1. The van der Waals surface area contributed by atoms with E-state index in [1.807, 2.05) is 78.8 Å². The quantitative estimate of drug-likeness (QED) is 0.0394. The topological polar surface area (TPSA) is 150 Å². The number of anilines is 1. The number of allylic oxidation sites excluding steroid dienone is 1. The summed E-state index contributed by atoms with van der Waals surface area (Å²) in [6.45, 7) is 4.84. The number of fused-ring (bicyclic) bond motifs is 2. The zero-order valence-electron chi connectivity index (χ0n) is 36.2. The molecule has 334 valence electrons. The lowest BCUT2D eigenvalue weighted by Crippen LogP contribution is -2.64. The second kappa shape index (κ2) is 22.3. The van der Waals surface area contributed by atoms with Crippen molar-refractivity contribution in [2.75, 3.05) is 45.1 Å². The number of nitrogens with zero attached hydrogens (tertiary/aromatic N) is 2. The molecule has 3 aromatic carbocycles. The first kappa shape index (κ1) is 45.7. The van der Waals surface area contributed by atoms with Crippen molar-refractivity contribution in [3.05, 3.63) is 132 Å². The third kappa shape index (κ3) is 10.9. The molecular weight excluding hydrogens is 819 g/mol. The van der Waals surface area contributed by atoms with Crippen LogP contribution in [-0.2, 0) is 22.6 Å². The molecule has 6 atom stereocenters. The predicted molar refractivity (Wildman–Crippen MR) is 246 cm³/mol. The maximum atomic E-state index is 13.5. The van der Waals surface area contributed by atoms with Crippen LogP contribution in [-0.4, -0.2) is 77.8 Å². The summed E-state index contributed by atoms with van der Waals surface area (Å²) in [7, 11) is 3.09. The van der Waals surface area contributed by atoms with Crippen molar-refractivity contribution >= 4 is 29.3 Å². The Morgan fingerprint density at radius 3 is 2.48 bits per heavy atom. The minimum Gasteiger partial charge on any atom is -0.497 e. The van der Waals surface area contributed by atoms with Crippen LogP contribution in [0.1, 0.15) is 67.6 Å². The number of aliphatic hydroxyl groups excluding tert-OH is 2. The number of unbranched alkanes of at least 4 members (excludes halogenated alkanes) is 2. The summed E-state index contributed by atoms with van der Waals surface area (Å²) in [4.78, 5) is 24.0. The fourth-order valence-corrected chi connectivity index (χ4v) is 10.7. The molecule has 3 N–H and O–H groups in total. The van der Waals surface area contributed by atoms with Crippen LogP contribution in [0.15, 0.2) is 121 Å². The Labute approximate surface area is 374 Å². The third-order valence-corrected chi connectivity index (χ3v) is 13.5. The number of carbonyl (C=O) groups is 1. The Morgan fingerprint density at radius 1 is 0.952 bits per heavy atom. The van der Waals surface area contributed by atoms with Gasteiger partial charge in [-0.2, -0.15) is 11.8 Å². The first-order valence-electron chi connectivity index (χ1n) is 21.9. The normalized spacial score (nSPS) is 22.8. The van der Waals surface area contributed by atoms with Gasteiger partial charge in [-0.3, -0.25) is 10.3 Å². The molecule has 4 aromatic rings. The average molecular weight is 878 g/mol. The van der Waals surface area contributed by atoms with E-state index in [1.165, 1.54) is 12.7 Å². The van der Waals surface area contributed by atoms with Gasteiger partial charge in [-0.1, -0.05) is 60.5 Å². The number of nitrogens with one attached hydrogen (secondary N) is 1. The molecule has 0 bridgehead atoms. The van der Waals surface area contributed by atoms with Crippen LogP contribution in [0.25, 0.3) is 0 Å². The molecule has 12 nitrogen and oxygen atoms in total. The van der Waals surface area contributed by atoms with Crippen molar-refractivity contribution in [1.29, 1.82) is 0 Å². The van der Waals surface area contributed by atoms with Gasteiger partial charge in [0.1, 0.15) is 29.6 Å². The molecule has 13 heteroatoms. The van der Waals surface area contributed by atoms with Crippen molar-refractivity contribution < 1.29 is 43.5 Å². The minimum absolute atomic E-state index is 0.0815. The summed E-state index contributed by atoms with van der Waals surface area (Å²) >= 11 is 1.81. The number of carbonyl (C=O) groups excluding carboxylic acids is 1. The number of aromatic nitrogens is 1. The number of methoxy groups -OCH3 is 2. The number of hydrogen-bond donors (Lipinski definition) is 3. The molecule has 63 heavy (non-hydrogen) atoms. The van der Waals surface area contributed by atoms with Crippen LogP contribution in [0.5, 0.6) is 23.0 Å². The lowest BCUT2D eigenvalue weighted by atomic mass is 9.56. The highest BCUT2D eigenvalue weighted by atomic mass is 32.2. The summed E-state index contributed by atoms with van der Waals surface area (Å²) < 4.78 is 31.2.